The average Bonchev–Trinajstić information content (AvgIpc) is 2.56. The molecule has 3 N–H and O–H groups in total. The summed E-state index contributed by atoms with van der Waals surface area (Å²) in [7, 11) is 0. The van der Waals surface area contributed by atoms with Crippen molar-refractivity contribution in [3.8, 4) is 5.75 Å². The number of amides is 2. The zero-order valence-electron chi connectivity index (χ0n) is 13.4. The lowest BCUT2D eigenvalue weighted by Crippen LogP contribution is -2.45. The Labute approximate surface area is 140 Å². The number of hydrogen-bond donors (Lipinski definition) is 2. The number of halogens is 1. The second-order valence-electron chi connectivity index (χ2n) is 5.82. The van der Waals surface area contributed by atoms with Gasteiger partial charge in [0.15, 0.2) is 6.61 Å². The number of carbonyl (C=O) groups is 2. The summed E-state index contributed by atoms with van der Waals surface area (Å²) in [4.78, 5) is 25.4. The highest BCUT2D eigenvalue weighted by atomic mass is 35.5. The molecule has 0 saturated carbocycles. The normalized spacial score (nSPS) is 15.4. The molecule has 1 aliphatic heterocycles. The van der Waals surface area contributed by atoms with Crippen LogP contribution in [0.25, 0.3) is 0 Å². The van der Waals surface area contributed by atoms with Crippen molar-refractivity contribution in [2.24, 2.45) is 11.8 Å². The van der Waals surface area contributed by atoms with Crippen LogP contribution in [0.3, 0.4) is 0 Å². The highest BCUT2D eigenvalue weighted by Crippen LogP contribution is 2.26. The van der Waals surface area contributed by atoms with Crippen molar-refractivity contribution < 1.29 is 14.3 Å². The first kappa shape index (κ1) is 17.6. The van der Waals surface area contributed by atoms with Crippen LogP contribution >= 0.6 is 11.6 Å². The quantitative estimate of drug-likeness (QED) is 0.495. The largest absolute Gasteiger partial charge is 0.484 e. The number of benzene rings is 1. The molecule has 1 aliphatic rings. The SMILES string of the molecule is Cc1cc(OCC(=O)N2CCC(C(=O)NN)CC2)cc(C)c1Cl. The summed E-state index contributed by atoms with van der Waals surface area (Å²) < 4.78 is 5.58. The van der Waals surface area contributed by atoms with Crippen LogP contribution in [-0.2, 0) is 9.59 Å². The minimum Gasteiger partial charge on any atom is -0.484 e. The molecule has 0 aromatic heterocycles. The van der Waals surface area contributed by atoms with E-state index in [-0.39, 0.29) is 24.3 Å². The second-order valence-corrected chi connectivity index (χ2v) is 6.20. The van der Waals surface area contributed by atoms with Gasteiger partial charge in [-0.15, -0.1) is 0 Å². The third kappa shape index (κ3) is 4.36. The Kier molecular flexibility index (Phi) is 5.85. The summed E-state index contributed by atoms with van der Waals surface area (Å²) in [5.74, 6) is 5.40. The molecule has 0 bridgehead atoms. The van der Waals surface area contributed by atoms with E-state index in [0.29, 0.717) is 36.7 Å². The van der Waals surface area contributed by atoms with E-state index in [1.165, 1.54) is 0 Å². The van der Waals surface area contributed by atoms with Gasteiger partial charge in [0.25, 0.3) is 5.91 Å². The van der Waals surface area contributed by atoms with Gasteiger partial charge in [-0.05, 0) is 49.9 Å². The summed E-state index contributed by atoms with van der Waals surface area (Å²) in [6.45, 7) is 4.86. The van der Waals surface area contributed by atoms with Crippen LogP contribution in [0, 0.1) is 19.8 Å². The van der Waals surface area contributed by atoms with E-state index in [9.17, 15) is 9.59 Å². The third-order valence-corrected chi connectivity index (χ3v) is 4.73. The van der Waals surface area contributed by atoms with Crippen LogP contribution in [0.4, 0.5) is 0 Å². The summed E-state index contributed by atoms with van der Waals surface area (Å²) in [6, 6.07) is 3.64. The van der Waals surface area contributed by atoms with E-state index in [1.54, 1.807) is 4.90 Å². The highest BCUT2D eigenvalue weighted by Gasteiger charge is 2.27. The van der Waals surface area contributed by atoms with Crippen LogP contribution in [0.15, 0.2) is 12.1 Å². The van der Waals surface area contributed by atoms with E-state index in [2.05, 4.69) is 5.43 Å². The molecule has 1 saturated heterocycles. The molecule has 6 nitrogen and oxygen atoms in total. The van der Waals surface area contributed by atoms with Gasteiger partial charge in [-0.3, -0.25) is 15.0 Å². The van der Waals surface area contributed by atoms with Crippen LogP contribution < -0.4 is 16.0 Å². The van der Waals surface area contributed by atoms with E-state index in [4.69, 9.17) is 22.2 Å². The van der Waals surface area contributed by atoms with Gasteiger partial charge in [0.1, 0.15) is 5.75 Å². The molecular weight excluding hydrogens is 318 g/mol. The third-order valence-electron chi connectivity index (χ3n) is 4.13. The topological polar surface area (TPSA) is 84.7 Å². The van der Waals surface area contributed by atoms with Crippen molar-refractivity contribution in [2.45, 2.75) is 26.7 Å². The van der Waals surface area contributed by atoms with Crippen molar-refractivity contribution in [3.05, 3.63) is 28.3 Å². The highest BCUT2D eigenvalue weighted by molar-refractivity contribution is 6.32. The molecule has 1 aromatic carbocycles. The zero-order valence-corrected chi connectivity index (χ0v) is 14.2. The number of nitrogens with one attached hydrogen (secondary N) is 1. The summed E-state index contributed by atoms with van der Waals surface area (Å²) in [5.41, 5.74) is 4.00. The van der Waals surface area contributed by atoms with Crippen molar-refractivity contribution in [2.75, 3.05) is 19.7 Å². The maximum atomic E-state index is 12.2. The van der Waals surface area contributed by atoms with Crippen molar-refractivity contribution in [1.29, 1.82) is 0 Å². The first-order valence-corrected chi connectivity index (χ1v) is 7.98. The number of ether oxygens (including phenoxy) is 1. The molecule has 1 heterocycles. The molecule has 0 unspecified atom stereocenters. The fraction of sp³-hybridized carbons (Fsp3) is 0.500. The molecule has 1 aromatic rings. The second kappa shape index (κ2) is 7.66. The summed E-state index contributed by atoms with van der Waals surface area (Å²) in [6.07, 6.45) is 1.24. The molecule has 126 valence electrons. The number of nitrogens with two attached hydrogens (primary N) is 1. The molecule has 23 heavy (non-hydrogen) atoms. The van der Waals surface area contributed by atoms with Gasteiger partial charge < -0.3 is 9.64 Å². The zero-order chi connectivity index (χ0) is 17.0. The molecule has 0 radical (unpaired) electrons. The Hall–Kier alpha value is -1.79. The Morgan fingerprint density at radius 1 is 1.30 bits per heavy atom. The molecule has 0 spiro atoms. The molecule has 0 aliphatic carbocycles. The van der Waals surface area contributed by atoms with E-state index in [1.807, 2.05) is 26.0 Å². The molecule has 1 fully saturated rings. The minimum absolute atomic E-state index is 0.0196. The smallest absolute Gasteiger partial charge is 0.260 e. The van der Waals surface area contributed by atoms with Crippen molar-refractivity contribution >= 4 is 23.4 Å². The minimum atomic E-state index is -0.166. The Bertz CT molecular complexity index is 575. The summed E-state index contributed by atoms with van der Waals surface area (Å²) in [5, 5.41) is 0.712. The van der Waals surface area contributed by atoms with Crippen molar-refractivity contribution in [3.63, 3.8) is 0 Å². The molecule has 0 atom stereocenters. The lowest BCUT2D eigenvalue weighted by atomic mass is 9.96. The van der Waals surface area contributed by atoms with Crippen molar-refractivity contribution in [1.82, 2.24) is 10.3 Å². The van der Waals surface area contributed by atoms with E-state index >= 15 is 0 Å². The number of piperidine rings is 1. The first-order chi connectivity index (χ1) is 10.9. The Morgan fingerprint density at radius 2 is 1.87 bits per heavy atom. The maximum absolute atomic E-state index is 12.2. The monoisotopic (exact) mass is 339 g/mol. The predicted molar refractivity (Wildman–Crippen MR) is 88.1 cm³/mol. The van der Waals surface area contributed by atoms with Gasteiger partial charge in [0, 0.05) is 24.0 Å². The number of aryl methyl sites for hydroxylation is 2. The molecular formula is C16H22ClN3O3. The summed E-state index contributed by atoms with van der Waals surface area (Å²) >= 11 is 6.11. The number of rotatable bonds is 4. The van der Waals surface area contributed by atoms with Gasteiger partial charge in [-0.1, -0.05) is 11.6 Å². The van der Waals surface area contributed by atoms with Crippen LogP contribution in [0.2, 0.25) is 5.02 Å². The molecule has 2 amide bonds. The number of likely N-dealkylation sites (tertiary alicyclic amines) is 1. The maximum Gasteiger partial charge on any atom is 0.260 e. The molecule has 7 heteroatoms. The predicted octanol–water partition coefficient (Wildman–Crippen LogP) is 1.56. The van der Waals surface area contributed by atoms with Crippen LogP contribution in [-0.4, -0.2) is 36.4 Å². The van der Waals surface area contributed by atoms with Gasteiger partial charge in [-0.2, -0.15) is 0 Å². The standard InChI is InChI=1S/C16H22ClN3O3/c1-10-7-13(8-11(2)15(10)17)23-9-14(21)20-5-3-12(4-6-20)16(22)19-18/h7-8,12H,3-6,9,18H2,1-2H3,(H,19,22). The molecule has 2 rings (SSSR count). The van der Waals surface area contributed by atoms with Crippen LogP contribution in [0.1, 0.15) is 24.0 Å². The van der Waals surface area contributed by atoms with Gasteiger partial charge >= 0.3 is 0 Å². The lowest BCUT2D eigenvalue weighted by Gasteiger charge is -2.31. The average molecular weight is 340 g/mol. The lowest BCUT2D eigenvalue weighted by molar-refractivity contribution is -0.137. The fourth-order valence-corrected chi connectivity index (χ4v) is 2.84. The first-order valence-electron chi connectivity index (χ1n) is 7.60. The number of nitrogens with zero attached hydrogens (tertiary/aromatic N) is 1. The van der Waals surface area contributed by atoms with Gasteiger partial charge in [-0.25, -0.2) is 5.84 Å². The van der Waals surface area contributed by atoms with Crippen LogP contribution in [0.5, 0.6) is 5.75 Å². The Morgan fingerprint density at radius 3 is 2.39 bits per heavy atom. The van der Waals surface area contributed by atoms with E-state index < -0.39 is 0 Å². The van der Waals surface area contributed by atoms with E-state index in [0.717, 1.165) is 11.1 Å². The number of carbonyl (C=O) groups excluding carboxylic acids is 2. The van der Waals surface area contributed by atoms with Gasteiger partial charge in [0.2, 0.25) is 5.91 Å². The fourth-order valence-electron chi connectivity index (χ4n) is 2.73. The number of hydrogen-bond acceptors (Lipinski definition) is 4. The number of hydrazine groups is 1. The van der Waals surface area contributed by atoms with Gasteiger partial charge in [0.05, 0.1) is 0 Å². The Balaban J connectivity index is 1.85.